The van der Waals surface area contributed by atoms with Gasteiger partial charge in [0.15, 0.2) is 0 Å². The van der Waals surface area contributed by atoms with Gasteiger partial charge in [0.2, 0.25) is 0 Å². The summed E-state index contributed by atoms with van der Waals surface area (Å²) in [5.41, 5.74) is 0. The maximum Gasteiger partial charge on any atom is 0.317 e. The lowest BCUT2D eigenvalue weighted by Crippen LogP contribution is -2.11. The van der Waals surface area contributed by atoms with E-state index in [4.69, 9.17) is 5.11 Å². The van der Waals surface area contributed by atoms with Gasteiger partial charge in [0.05, 0.1) is 0 Å². The van der Waals surface area contributed by atoms with E-state index < -0.39 is 5.97 Å². The highest BCUT2D eigenvalue weighted by Crippen LogP contribution is 2.33. The number of thioether (sulfide) groups is 1. The predicted molar refractivity (Wildman–Crippen MR) is 42.0 cm³/mol. The Hall–Kier alpha value is -0.440. The molecule has 1 rings (SSSR count). The summed E-state index contributed by atoms with van der Waals surface area (Å²) >= 11 is 1.48. The lowest BCUT2D eigenvalue weighted by molar-refractivity contribution is -0.136. The Morgan fingerprint density at radius 3 is 3.00 bits per heavy atom. The molecule has 0 radical (unpaired) electrons. The van der Waals surface area contributed by atoms with Crippen LogP contribution in [0.3, 0.4) is 0 Å². The third-order valence-electron chi connectivity index (χ3n) is 1.48. The van der Waals surface area contributed by atoms with Gasteiger partial charge in [-0.3, -0.25) is 4.79 Å². The number of aliphatic carboxylic acids is 1. The van der Waals surface area contributed by atoms with Crippen molar-refractivity contribution in [1.82, 2.24) is 0 Å². The SMILES string of the molecule is CCC1=CCC(C(=O)O)S1. The molecule has 0 amide bonds. The second-order valence-electron chi connectivity index (χ2n) is 2.20. The van der Waals surface area contributed by atoms with Crippen molar-refractivity contribution >= 4 is 17.7 Å². The zero-order valence-electron chi connectivity index (χ0n) is 5.83. The molecule has 1 N–H and O–H groups in total. The molecule has 1 heterocycles. The van der Waals surface area contributed by atoms with Gasteiger partial charge in [0.25, 0.3) is 0 Å². The van der Waals surface area contributed by atoms with Crippen LogP contribution in [0.5, 0.6) is 0 Å². The summed E-state index contributed by atoms with van der Waals surface area (Å²) in [7, 11) is 0. The van der Waals surface area contributed by atoms with E-state index >= 15 is 0 Å². The van der Waals surface area contributed by atoms with E-state index in [2.05, 4.69) is 0 Å². The molecule has 2 nitrogen and oxygen atoms in total. The van der Waals surface area contributed by atoms with Gasteiger partial charge < -0.3 is 5.11 Å². The van der Waals surface area contributed by atoms with Gasteiger partial charge in [-0.05, 0) is 17.7 Å². The van der Waals surface area contributed by atoms with Gasteiger partial charge in [0.1, 0.15) is 5.25 Å². The highest BCUT2D eigenvalue weighted by molar-refractivity contribution is 8.04. The smallest absolute Gasteiger partial charge is 0.317 e. The fourth-order valence-electron chi connectivity index (χ4n) is 0.896. The van der Waals surface area contributed by atoms with Crippen molar-refractivity contribution in [1.29, 1.82) is 0 Å². The molecule has 0 aliphatic carbocycles. The number of carboxylic acids is 1. The zero-order chi connectivity index (χ0) is 7.56. The number of carboxylic acid groups (broad SMARTS) is 1. The minimum atomic E-state index is -0.690. The Morgan fingerprint density at radius 2 is 2.70 bits per heavy atom. The van der Waals surface area contributed by atoms with Crippen LogP contribution in [-0.2, 0) is 4.79 Å². The lowest BCUT2D eigenvalue weighted by Gasteiger charge is -2.00. The first-order valence-corrected chi connectivity index (χ1v) is 4.20. The molecule has 1 aliphatic rings. The van der Waals surface area contributed by atoms with Gasteiger partial charge in [-0.15, -0.1) is 11.8 Å². The van der Waals surface area contributed by atoms with Crippen LogP contribution in [0.4, 0.5) is 0 Å². The summed E-state index contributed by atoms with van der Waals surface area (Å²) in [5.74, 6) is -0.690. The molecular weight excluding hydrogens is 148 g/mol. The first-order valence-electron chi connectivity index (χ1n) is 3.32. The van der Waals surface area contributed by atoms with Crippen LogP contribution in [0.1, 0.15) is 19.8 Å². The Morgan fingerprint density at radius 1 is 2.00 bits per heavy atom. The van der Waals surface area contributed by atoms with Crippen molar-refractivity contribution in [3.05, 3.63) is 11.0 Å². The number of carbonyl (C=O) groups is 1. The van der Waals surface area contributed by atoms with Crippen LogP contribution in [0.15, 0.2) is 11.0 Å². The Balaban J connectivity index is 2.43. The van der Waals surface area contributed by atoms with Crippen molar-refractivity contribution in [2.24, 2.45) is 0 Å². The van der Waals surface area contributed by atoms with E-state index in [9.17, 15) is 4.79 Å². The Bertz CT molecular complexity index is 174. The first-order chi connectivity index (χ1) is 4.74. The first kappa shape index (κ1) is 7.66. The highest BCUT2D eigenvalue weighted by Gasteiger charge is 2.22. The fraction of sp³-hybridized carbons (Fsp3) is 0.571. The lowest BCUT2D eigenvalue weighted by atomic mass is 10.3. The number of rotatable bonds is 2. The molecule has 0 saturated carbocycles. The van der Waals surface area contributed by atoms with Crippen molar-refractivity contribution in [3.8, 4) is 0 Å². The largest absolute Gasteiger partial charge is 0.480 e. The second kappa shape index (κ2) is 3.10. The van der Waals surface area contributed by atoms with Crippen LogP contribution >= 0.6 is 11.8 Å². The zero-order valence-corrected chi connectivity index (χ0v) is 6.65. The van der Waals surface area contributed by atoms with E-state index in [0.717, 1.165) is 6.42 Å². The topological polar surface area (TPSA) is 37.3 Å². The van der Waals surface area contributed by atoms with Gasteiger partial charge in [-0.2, -0.15) is 0 Å². The molecule has 0 aromatic rings. The predicted octanol–water partition coefficient (Wildman–Crippen LogP) is 1.87. The van der Waals surface area contributed by atoms with E-state index in [1.54, 1.807) is 0 Å². The summed E-state index contributed by atoms with van der Waals surface area (Å²) in [6.07, 6.45) is 3.68. The molecule has 0 bridgehead atoms. The molecule has 0 aromatic heterocycles. The van der Waals surface area contributed by atoms with Crippen LogP contribution in [-0.4, -0.2) is 16.3 Å². The van der Waals surface area contributed by atoms with Gasteiger partial charge in [-0.25, -0.2) is 0 Å². The quantitative estimate of drug-likeness (QED) is 0.666. The molecule has 0 spiro atoms. The average molecular weight is 158 g/mol. The van der Waals surface area contributed by atoms with E-state index in [1.807, 2.05) is 13.0 Å². The molecule has 3 heteroatoms. The van der Waals surface area contributed by atoms with Gasteiger partial charge >= 0.3 is 5.97 Å². The van der Waals surface area contributed by atoms with Gasteiger partial charge in [0, 0.05) is 0 Å². The molecule has 1 atom stereocenters. The summed E-state index contributed by atoms with van der Waals surface area (Å²) < 4.78 is 0. The minimum absolute atomic E-state index is 0.213. The molecule has 1 aliphatic heterocycles. The fourth-order valence-corrected chi connectivity index (χ4v) is 1.91. The average Bonchev–Trinajstić information content (AvgIpc) is 2.34. The summed E-state index contributed by atoms with van der Waals surface area (Å²) in [4.78, 5) is 11.6. The molecule has 1 unspecified atom stereocenters. The van der Waals surface area contributed by atoms with Crippen molar-refractivity contribution < 1.29 is 9.90 Å². The molecule has 0 fully saturated rings. The van der Waals surface area contributed by atoms with Gasteiger partial charge in [-0.1, -0.05) is 13.0 Å². The molecule has 56 valence electrons. The number of allylic oxidation sites excluding steroid dienone is 2. The van der Waals surface area contributed by atoms with E-state index in [0.29, 0.717) is 6.42 Å². The van der Waals surface area contributed by atoms with Crippen molar-refractivity contribution in [3.63, 3.8) is 0 Å². The van der Waals surface area contributed by atoms with Crippen LogP contribution in [0.25, 0.3) is 0 Å². The Kier molecular flexibility index (Phi) is 2.38. The molecule has 0 aromatic carbocycles. The van der Waals surface area contributed by atoms with Crippen molar-refractivity contribution in [2.45, 2.75) is 25.0 Å². The van der Waals surface area contributed by atoms with Crippen LogP contribution in [0.2, 0.25) is 0 Å². The maximum atomic E-state index is 10.4. The van der Waals surface area contributed by atoms with E-state index in [-0.39, 0.29) is 5.25 Å². The monoisotopic (exact) mass is 158 g/mol. The molecule has 0 saturated heterocycles. The number of hydrogen-bond donors (Lipinski definition) is 1. The van der Waals surface area contributed by atoms with Crippen molar-refractivity contribution in [2.75, 3.05) is 0 Å². The summed E-state index contributed by atoms with van der Waals surface area (Å²) in [5, 5.41) is 8.36. The molecular formula is C7H10O2S. The minimum Gasteiger partial charge on any atom is -0.480 e. The standard InChI is InChI=1S/C7H10O2S/c1-2-5-3-4-6(10-5)7(8)9/h3,6H,2,4H2,1H3,(H,8,9). The Labute approximate surface area is 64.3 Å². The summed E-state index contributed by atoms with van der Waals surface area (Å²) in [6, 6.07) is 0. The third-order valence-corrected chi connectivity index (χ3v) is 2.91. The molecule has 10 heavy (non-hydrogen) atoms. The van der Waals surface area contributed by atoms with Crippen LogP contribution in [0, 0.1) is 0 Å². The summed E-state index contributed by atoms with van der Waals surface area (Å²) in [6.45, 7) is 2.04. The second-order valence-corrected chi connectivity index (χ2v) is 3.53. The highest BCUT2D eigenvalue weighted by atomic mass is 32.2. The van der Waals surface area contributed by atoms with Crippen LogP contribution < -0.4 is 0 Å². The third kappa shape index (κ3) is 1.53. The van der Waals surface area contributed by atoms with E-state index in [1.165, 1.54) is 16.7 Å². The number of hydrogen-bond acceptors (Lipinski definition) is 2. The maximum absolute atomic E-state index is 10.4. The normalized spacial score (nSPS) is 24.5.